The Morgan fingerprint density at radius 3 is 2.47 bits per heavy atom. The standard InChI is InChI=1S/C22H29N5O2S/c1-13(20(28)24-22-10-14-7-15(11-22)9-16(8-14)12-22)30-21-26-25-19(27(21)23)17-5-3-4-6-18(17)29-2/h3-6,13-16H,7-12,23H2,1-2H3,(H,24,28). The van der Waals surface area contributed by atoms with Gasteiger partial charge in [0.2, 0.25) is 11.1 Å². The van der Waals surface area contributed by atoms with Gasteiger partial charge < -0.3 is 15.9 Å². The number of ether oxygens (including phenoxy) is 1. The zero-order chi connectivity index (χ0) is 20.9. The fourth-order valence-electron chi connectivity index (χ4n) is 6.21. The summed E-state index contributed by atoms with van der Waals surface area (Å²) in [5.41, 5.74) is 0.784. The molecule has 4 aliphatic carbocycles. The number of para-hydroxylation sites is 1. The molecule has 0 aliphatic heterocycles. The predicted octanol–water partition coefficient (Wildman–Crippen LogP) is 3.23. The molecule has 160 valence electrons. The number of carbonyl (C=O) groups excluding carboxylic acids is 1. The molecule has 0 saturated heterocycles. The molecule has 7 nitrogen and oxygen atoms in total. The molecule has 0 spiro atoms. The maximum Gasteiger partial charge on any atom is 0.233 e. The molecule has 4 bridgehead atoms. The summed E-state index contributed by atoms with van der Waals surface area (Å²) in [6.45, 7) is 1.91. The maximum absolute atomic E-state index is 13.1. The number of benzene rings is 1. The Kier molecular flexibility index (Phi) is 4.92. The van der Waals surface area contributed by atoms with Crippen LogP contribution in [0.2, 0.25) is 0 Å². The molecule has 3 N–H and O–H groups in total. The number of nitrogens with zero attached hydrogens (tertiary/aromatic N) is 3. The summed E-state index contributed by atoms with van der Waals surface area (Å²) < 4.78 is 6.85. The first-order valence-corrected chi connectivity index (χ1v) is 11.7. The van der Waals surface area contributed by atoms with Crippen molar-refractivity contribution in [1.29, 1.82) is 0 Å². The van der Waals surface area contributed by atoms with Crippen molar-refractivity contribution in [3.63, 3.8) is 0 Å². The second-order valence-electron chi connectivity index (χ2n) is 9.32. The van der Waals surface area contributed by atoms with Crippen LogP contribution in [-0.2, 0) is 4.79 Å². The Bertz CT molecular complexity index is 923. The van der Waals surface area contributed by atoms with Crippen LogP contribution in [0.1, 0.15) is 45.4 Å². The summed E-state index contributed by atoms with van der Waals surface area (Å²) in [7, 11) is 1.61. The topological polar surface area (TPSA) is 95.1 Å². The van der Waals surface area contributed by atoms with Gasteiger partial charge in [0.1, 0.15) is 5.75 Å². The van der Waals surface area contributed by atoms with Crippen molar-refractivity contribution in [3.8, 4) is 17.1 Å². The lowest BCUT2D eigenvalue weighted by Crippen LogP contribution is -2.60. The lowest BCUT2D eigenvalue weighted by atomic mass is 9.53. The average molecular weight is 428 g/mol. The van der Waals surface area contributed by atoms with Gasteiger partial charge in [-0.25, -0.2) is 4.68 Å². The molecule has 4 fully saturated rings. The van der Waals surface area contributed by atoms with Crippen LogP contribution < -0.4 is 15.9 Å². The number of nitrogens with one attached hydrogen (secondary N) is 1. The highest BCUT2D eigenvalue weighted by Gasteiger charge is 2.51. The smallest absolute Gasteiger partial charge is 0.233 e. The minimum Gasteiger partial charge on any atom is -0.496 e. The first-order valence-electron chi connectivity index (χ1n) is 10.8. The zero-order valence-corrected chi connectivity index (χ0v) is 18.3. The summed E-state index contributed by atoms with van der Waals surface area (Å²) in [5.74, 6) is 9.95. The third kappa shape index (κ3) is 3.45. The van der Waals surface area contributed by atoms with Gasteiger partial charge in [-0.15, -0.1) is 10.2 Å². The van der Waals surface area contributed by atoms with Crippen LogP contribution in [0.5, 0.6) is 5.75 Å². The highest BCUT2D eigenvalue weighted by atomic mass is 32.2. The molecule has 2 aromatic rings. The van der Waals surface area contributed by atoms with Gasteiger partial charge in [0.25, 0.3) is 0 Å². The van der Waals surface area contributed by atoms with Crippen LogP contribution in [-0.4, -0.2) is 38.7 Å². The van der Waals surface area contributed by atoms with Crippen molar-refractivity contribution in [1.82, 2.24) is 20.2 Å². The molecular weight excluding hydrogens is 398 g/mol. The quantitative estimate of drug-likeness (QED) is 0.543. The zero-order valence-electron chi connectivity index (χ0n) is 17.5. The molecule has 4 saturated carbocycles. The molecule has 1 heterocycles. The molecule has 1 unspecified atom stereocenters. The number of thioether (sulfide) groups is 1. The van der Waals surface area contributed by atoms with Crippen molar-refractivity contribution in [2.75, 3.05) is 13.0 Å². The third-order valence-electron chi connectivity index (χ3n) is 7.09. The van der Waals surface area contributed by atoms with E-state index in [0.717, 1.165) is 42.6 Å². The molecule has 8 heteroatoms. The number of methoxy groups -OCH3 is 1. The number of carbonyl (C=O) groups is 1. The van der Waals surface area contributed by atoms with Gasteiger partial charge in [-0.2, -0.15) is 0 Å². The Morgan fingerprint density at radius 1 is 1.20 bits per heavy atom. The van der Waals surface area contributed by atoms with Crippen LogP contribution in [0.3, 0.4) is 0 Å². The number of amides is 1. The van der Waals surface area contributed by atoms with Crippen LogP contribution in [0.25, 0.3) is 11.4 Å². The van der Waals surface area contributed by atoms with E-state index in [1.807, 2.05) is 31.2 Å². The number of nitrogen functional groups attached to an aromatic ring is 1. The summed E-state index contributed by atoms with van der Waals surface area (Å²) >= 11 is 1.35. The van der Waals surface area contributed by atoms with E-state index in [-0.39, 0.29) is 16.7 Å². The van der Waals surface area contributed by atoms with Gasteiger partial charge in [0, 0.05) is 5.54 Å². The van der Waals surface area contributed by atoms with E-state index < -0.39 is 0 Å². The van der Waals surface area contributed by atoms with E-state index >= 15 is 0 Å². The van der Waals surface area contributed by atoms with E-state index in [4.69, 9.17) is 10.6 Å². The van der Waals surface area contributed by atoms with Gasteiger partial charge in [0.15, 0.2) is 5.82 Å². The second-order valence-corrected chi connectivity index (χ2v) is 10.6. The number of aromatic nitrogens is 3. The highest BCUT2D eigenvalue weighted by Crippen LogP contribution is 2.55. The van der Waals surface area contributed by atoms with E-state index in [2.05, 4.69) is 15.5 Å². The lowest BCUT2D eigenvalue weighted by Gasteiger charge is -2.57. The number of hydrogen-bond donors (Lipinski definition) is 2. The Balaban J connectivity index is 1.28. The normalized spacial score (nSPS) is 30.3. The Morgan fingerprint density at radius 2 is 1.83 bits per heavy atom. The monoisotopic (exact) mass is 427 g/mol. The fraction of sp³-hybridized carbons (Fsp3) is 0.591. The molecule has 0 radical (unpaired) electrons. The van der Waals surface area contributed by atoms with Crippen LogP contribution >= 0.6 is 11.8 Å². The summed E-state index contributed by atoms with van der Waals surface area (Å²) in [6, 6.07) is 7.55. The maximum atomic E-state index is 13.1. The number of nitrogens with two attached hydrogens (primary N) is 1. The van der Waals surface area contributed by atoms with E-state index in [0.29, 0.717) is 16.7 Å². The van der Waals surface area contributed by atoms with Crippen LogP contribution in [0.4, 0.5) is 0 Å². The fourth-order valence-corrected chi connectivity index (χ4v) is 6.98. The van der Waals surface area contributed by atoms with Gasteiger partial charge >= 0.3 is 0 Å². The third-order valence-corrected chi connectivity index (χ3v) is 8.15. The van der Waals surface area contributed by atoms with E-state index in [1.165, 1.54) is 35.7 Å². The number of rotatable bonds is 6. The van der Waals surface area contributed by atoms with Crippen molar-refractivity contribution < 1.29 is 9.53 Å². The van der Waals surface area contributed by atoms with Crippen molar-refractivity contribution in [2.24, 2.45) is 17.8 Å². The second kappa shape index (κ2) is 7.48. The SMILES string of the molecule is COc1ccccc1-c1nnc(SC(C)C(=O)NC23CC4CC(CC(C4)C2)C3)n1N. The summed E-state index contributed by atoms with van der Waals surface area (Å²) in [4.78, 5) is 13.1. The van der Waals surface area contributed by atoms with Crippen LogP contribution in [0, 0.1) is 17.8 Å². The van der Waals surface area contributed by atoms with E-state index in [9.17, 15) is 4.79 Å². The van der Waals surface area contributed by atoms with Gasteiger partial charge in [-0.3, -0.25) is 4.79 Å². The molecule has 30 heavy (non-hydrogen) atoms. The van der Waals surface area contributed by atoms with Crippen molar-refractivity contribution in [2.45, 2.75) is 61.4 Å². The Hall–Kier alpha value is -2.22. The van der Waals surface area contributed by atoms with Crippen molar-refractivity contribution in [3.05, 3.63) is 24.3 Å². The lowest BCUT2D eigenvalue weighted by molar-refractivity contribution is -0.126. The molecular formula is C22H29N5O2S. The molecule has 1 aromatic heterocycles. The predicted molar refractivity (Wildman–Crippen MR) is 117 cm³/mol. The Labute approximate surface area is 181 Å². The first kappa shape index (κ1) is 19.7. The van der Waals surface area contributed by atoms with Gasteiger partial charge in [0.05, 0.1) is 17.9 Å². The molecule has 1 atom stereocenters. The molecule has 4 aliphatic rings. The summed E-state index contributed by atoms with van der Waals surface area (Å²) in [6.07, 6.45) is 7.53. The largest absolute Gasteiger partial charge is 0.496 e. The van der Waals surface area contributed by atoms with E-state index in [1.54, 1.807) is 7.11 Å². The minimum atomic E-state index is -0.296. The van der Waals surface area contributed by atoms with Crippen molar-refractivity contribution >= 4 is 17.7 Å². The molecule has 1 amide bonds. The average Bonchev–Trinajstić information content (AvgIpc) is 3.06. The molecule has 1 aromatic carbocycles. The first-order chi connectivity index (χ1) is 14.5. The molecule has 6 rings (SSSR count). The minimum absolute atomic E-state index is 0.0135. The van der Waals surface area contributed by atoms with Gasteiger partial charge in [-0.05, 0) is 75.3 Å². The highest BCUT2D eigenvalue weighted by molar-refractivity contribution is 8.00. The van der Waals surface area contributed by atoms with Gasteiger partial charge in [-0.1, -0.05) is 23.9 Å². The van der Waals surface area contributed by atoms with Crippen LogP contribution in [0.15, 0.2) is 29.4 Å². The summed E-state index contributed by atoms with van der Waals surface area (Å²) in [5, 5.41) is 12.1. The number of hydrogen-bond acceptors (Lipinski definition) is 6.